The lowest BCUT2D eigenvalue weighted by Gasteiger charge is -2.45. The van der Waals surface area contributed by atoms with Crippen LogP contribution in [0.25, 0.3) is 0 Å². The quantitative estimate of drug-likeness (QED) is 0.146. The first-order valence-electron chi connectivity index (χ1n) is 21.9. The van der Waals surface area contributed by atoms with Crippen LogP contribution in [0.2, 0.25) is 0 Å². The molecule has 0 radical (unpaired) electrons. The maximum atomic E-state index is 2.55. The highest BCUT2D eigenvalue weighted by atomic mass is 32.8. The van der Waals surface area contributed by atoms with E-state index < -0.39 is 44.4 Å². The summed E-state index contributed by atoms with van der Waals surface area (Å²) in [4.78, 5) is 0. The molecule has 300 valence electrons. The van der Waals surface area contributed by atoms with Crippen molar-refractivity contribution in [3.63, 3.8) is 0 Å². The van der Waals surface area contributed by atoms with Gasteiger partial charge in [-0.25, -0.2) is 0 Å². The Morgan fingerprint density at radius 2 is 0.379 bits per heavy atom. The molecular weight excluding hydrogens is 810 g/mol. The van der Waals surface area contributed by atoms with E-state index in [-0.39, 0.29) is 0 Å². The Labute approximate surface area is 358 Å². The van der Waals surface area contributed by atoms with Gasteiger partial charge in [0, 0.05) is 0 Å². The van der Waals surface area contributed by atoms with Crippen LogP contribution in [0.5, 0.6) is 0 Å². The molecule has 1 saturated heterocycles. The molecule has 6 aromatic rings. The second-order valence-electron chi connectivity index (χ2n) is 15.4. The van der Waals surface area contributed by atoms with Crippen LogP contribution < -0.4 is 31.8 Å². The van der Waals surface area contributed by atoms with Crippen LogP contribution in [0.3, 0.4) is 0 Å². The van der Waals surface area contributed by atoms with Crippen molar-refractivity contribution in [1.82, 2.24) is 0 Å². The minimum atomic E-state index is -0.630. The number of rotatable bonds is 6. The van der Waals surface area contributed by atoms with Gasteiger partial charge in [0.15, 0.2) is 0 Å². The maximum Gasteiger partial charge on any atom is -0.00600 e. The molecule has 0 N–H and O–H groups in total. The summed E-state index contributed by atoms with van der Waals surface area (Å²) in [6.45, 7) is 0. The maximum absolute atomic E-state index is 2.55. The molecule has 1 aliphatic heterocycles. The Hall–Kier alpha value is -2.10. The molecule has 6 unspecified atom stereocenters. The van der Waals surface area contributed by atoms with Crippen molar-refractivity contribution in [2.45, 2.75) is 89.9 Å². The second-order valence-corrected chi connectivity index (χ2v) is 39.6. The summed E-state index contributed by atoms with van der Waals surface area (Å²) in [7, 11) is -3.33. The standard InChI is InChI=1S/C52H62P6/c1-2-4-6-8-10-12-32-46-54(48-35-21-14-22-36-48)56(50-39-25-16-26-40-50)58(52-43-29-18-30-44-52)57(51-41-27-17-28-42-51)55(49-37-23-15-24-38-49)53(47-33-19-13-20-34-47)45-31-11-9-7-5-3-1/h13-30,33-44H,1-12,31-32,45-46H2. The second kappa shape index (κ2) is 25.0. The average Bonchev–Trinajstić information content (AvgIpc) is 3.29. The van der Waals surface area contributed by atoms with Crippen molar-refractivity contribution in [2.24, 2.45) is 0 Å². The Morgan fingerprint density at radius 3 is 0.621 bits per heavy atom. The number of hydrogen-bond acceptors (Lipinski definition) is 0. The Balaban J connectivity index is 1.46. The van der Waals surface area contributed by atoms with E-state index in [4.69, 9.17) is 0 Å². The van der Waals surface area contributed by atoms with Gasteiger partial charge in [-0.15, -0.1) is 0 Å². The highest BCUT2D eigenvalue weighted by molar-refractivity contribution is 8.96. The predicted octanol–water partition coefficient (Wildman–Crippen LogP) is 15.9. The molecule has 1 aliphatic rings. The smallest absolute Gasteiger partial charge is 0.00600 e. The molecule has 0 aromatic heterocycles. The van der Waals surface area contributed by atoms with Gasteiger partial charge in [0.25, 0.3) is 0 Å². The first kappa shape index (κ1) is 44.0. The van der Waals surface area contributed by atoms with Crippen LogP contribution >= 0.6 is 44.4 Å². The average molecular weight is 873 g/mol. The van der Waals surface area contributed by atoms with Crippen LogP contribution in [0, 0.1) is 0 Å². The van der Waals surface area contributed by atoms with E-state index in [2.05, 4.69) is 182 Å². The van der Waals surface area contributed by atoms with Crippen LogP contribution in [-0.2, 0) is 0 Å². The molecule has 6 heteroatoms. The Bertz CT molecular complexity index is 1820. The first-order valence-corrected chi connectivity index (χ1v) is 33.9. The lowest BCUT2D eigenvalue weighted by Crippen LogP contribution is -2.15. The molecule has 1 fully saturated rings. The molecule has 6 aromatic carbocycles. The largest absolute Gasteiger partial charge is 0.0622 e. The van der Waals surface area contributed by atoms with E-state index in [0.29, 0.717) is 0 Å². The molecule has 0 amide bonds. The third-order valence-corrected chi connectivity index (χ3v) is 50.8. The fourth-order valence-electron chi connectivity index (χ4n) is 8.06. The topological polar surface area (TPSA) is 0 Å². The minimum Gasteiger partial charge on any atom is -0.0622 e. The molecule has 0 spiro atoms. The molecule has 1 heterocycles. The Kier molecular flexibility index (Phi) is 18.9. The SMILES string of the molecule is c1ccc(P2CCCCCCCCCCCCCCCCP(c3ccccc3)P(c3ccccc3)P(c3ccccc3)P(c3ccccc3)P2c2ccccc2)cc1. The number of benzene rings is 6. The van der Waals surface area contributed by atoms with Gasteiger partial charge in [0.05, 0.1) is 0 Å². The summed E-state index contributed by atoms with van der Waals surface area (Å²) >= 11 is 0. The fraction of sp³-hybridized carbons (Fsp3) is 0.308. The van der Waals surface area contributed by atoms with Crippen molar-refractivity contribution < 1.29 is 0 Å². The molecule has 7 rings (SSSR count). The third kappa shape index (κ3) is 12.7. The summed E-state index contributed by atoms with van der Waals surface area (Å²) in [5, 5.41) is 9.70. The highest BCUT2D eigenvalue weighted by Gasteiger charge is 2.44. The van der Waals surface area contributed by atoms with Gasteiger partial charge >= 0.3 is 0 Å². The van der Waals surface area contributed by atoms with Crippen LogP contribution in [-0.4, -0.2) is 12.3 Å². The zero-order chi connectivity index (χ0) is 39.5. The third-order valence-electron chi connectivity index (χ3n) is 11.0. The van der Waals surface area contributed by atoms with Crippen LogP contribution in [0.1, 0.15) is 89.9 Å². The Morgan fingerprint density at radius 1 is 0.190 bits per heavy atom. The van der Waals surface area contributed by atoms with Crippen molar-refractivity contribution in [3.05, 3.63) is 182 Å². The van der Waals surface area contributed by atoms with Gasteiger partial charge in [-0.1, -0.05) is 259 Å². The molecule has 0 aliphatic carbocycles. The molecule has 58 heavy (non-hydrogen) atoms. The van der Waals surface area contributed by atoms with Gasteiger partial charge in [-0.3, -0.25) is 0 Å². The zero-order valence-electron chi connectivity index (χ0n) is 34.3. The summed E-state index contributed by atoms with van der Waals surface area (Å²) in [5.41, 5.74) is 0. The van der Waals surface area contributed by atoms with Gasteiger partial charge in [0.1, 0.15) is 0 Å². The highest BCUT2D eigenvalue weighted by Crippen LogP contribution is 3.05. The lowest BCUT2D eigenvalue weighted by molar-refractivity contribution is 0.539. The molecule has 6 atom stereocenters. The van der Waals surface area contributed by atoms with E-state index >= 15 is 0 Å². The minimum absolute atomic E-state index is 0.460. The van der Waals surface area contributed by atoms with Gasteiger partial charge in [-0.2, -0.15) is 0 Å². The van der Waals surface area contributed by atoms with Crippen molar-refractivity contribution >= 4 is 76.2 Å². The predicted molar refractivity (Wildman–Crippen MR) is 272 cm³/mol. The summed E-state index contributed by atoms with van der Waals surface area (Å²) < 4.78 is 0. The van der Waals surface area contributed by atoms with Crippen molar-refractivity contribution in [2.75, 3.05) is 12.3 Å². The van der Waals surface area contributed by atoms with Crippen LogP contribution in [0.15, 0.2) is 182 Å². The summed E-state index contributed by atoms with van der Waals surface area (Å²) in [5.74, 6) is 0. The monoisotopic (exact) mass is 872 g/mol. The van der Waals surface area contributed by atoms with Gasteiger partial charge in [0.2, 0.25) is 0 Å². The first-order chi connectivity index (χ1) is 28.9. The van der Waals surface area contributed by atoms with Gasteiger partial charge < -0.3 is 0 Å². The lowest BCUT2D eigenvalue weighted by atomic mass is 10.0. The van der Waals surface area contributed by atoms with E-state index in [9.17, 15) is 0 Å². The zero-order valence-corrected chi connectivity index (χ0v) is 39.7. The van der Waals surface area contributed by atoms with Gasteiger partial charge in [-0.05, 0) is 101 Å². The van der Waals surface area contributed by atoms with E-state index in [1.165, 1.54) is 102 Å². The number of hydrogen-bond donors (Lipinski definition) is 0. The molecule has 0 bridgehead atoms. The molecular formula is C52H62P6. The van der Waals surface area contributed by atoms with E-state index in [1.807, 2.05) is 0 Å². The van der Waals surface area contributed by atoms with Crippen molar-refractivity contribution in [1.29, 1.82) is 0 Å². The van der Waals surface area contributed by atoms with E-state index in [0.717, 1.165) is 0 Å². The normalized spacial score (nSPS) is 23.8. The summed E-state index contributed by atoms with van der Waals surface area (Å²) in [6, 6.07) is 72.0. The molecule has 0 saturated carbocycles. The molecule has 0 nitrogen and oxygen atoms in total. The van der Waals surface area contributed by atoms with Crippen LogP contribution in [0.4, 0.5) is 0 Å². The van der Waals surface area contributed by atoms with E-state index in [1.54, 1.807) is 31.8 Å². The summed E-state index contributed by atoms with van der Waals surface area (Å²) in [6.07, 6.45) is 22.1. The van der Waals surface area contributed by atoms with Crippen molar-refractivity contribution in [3.8, 4) is 0 Å². The fourth-order valence-corrected chi connectivity index (χ4v) is 63.8.